The summed E-state index contributed by atoms with van der Waals surface area (Å²) in [5, 5.41) is 0.905. The standard InChI is InChI=1S/C21H17Cl2NO4S/c1-14-18(23)6-4-8-20(14)29(26,27)24-21(25)17-5-2-3-7-19(17)28-13-15-9-11-16(22)12-10-15/h2-12H,13H2,1H3,(H,24,25). The van der Waals surface area contributed by atoms with E-state index in [1.54, 1.807) is 55.5 Å². The Labute approximate surface area is 179 Å². The molecule has 0 aliphatic carbocycles. The van der Waals surface area contributed by atoms with Gasteiger partial charge in [0.05, 0.1) is 10.5 Å². The van der Waals surface area contributed by atoms with Gasteiger partial charge in [-0.05, 0) is 54.4 Å². The van der Waals surface area contributed by atoms with E-state index in [0.29, 0.717) is 15.6 Å². The van der Waals surface area contributed by atoms with Crippen LogP contribution in [0.5, 0.6) is 5.75 Å². The largest absolute Gasteiger partial charge is 0.488 e. The third-order valence-corrected chi connectivity index (χ3v) is 6.31. The lowest BCUT2D eigenvalue weighted by molar-refractivity contribution is 0.0977. The van der Waals surface area contributed by atoms with E-state index in [0.717, 1.165) is 5.56 Å². The van der Waals surface area contributed by atoms with Gasteiger partial charge in [-0.25, -0.2) is 13.1 Å². The second kappa shape index (κ2) is 8.86. The maximum atomic E-state index is 12.7. The van der Waals surface area contributed by atoms with Crippen molar-refractivity contribution in [3.05, 3.63) is 93.5 Å². The first-order chi connectivity index (χ1) is 13.8. The Kier molecular flexibility index (Phi) is 6.47. The summed E-state index contributed by atoms with van der Waals surface area (Å²) in [4.78, 5) is 12.6. The molecule has 0 aromatic heterocycles. The average molecular weight is 450 g/mol. The number of para-hydroxylation sites is 1. The molecule has 0 saturated carbocycles. The smallest absolute Gasteiger partial charge is 0.268 e. The molecule has 3 rings (SSSR count). The maximum Gasteiger partial charge on any atom is 0.268 e. The SMILES string of the molecule is Cc1c(Cl)cccc1S(=O)(=O)NC(=O)c1ccccc1OCc1ccc(Cl)cc1. The Hall–Kier alpha value is -2.54. The monoisotopic (exact) mass is 449 g/mol. The zero-order valence-corrected chi connectivity index (χ0v) is 17.7. The minimum Gasteiger partial charge on any atom is -0.488 e. The van der Waals surface area contributed by atoms with Crippen molar-refractivity contribution in [2.45, 2.75) is 18.4 Å². The molecule has 29 heavy (non-hydrogen) atoms. The van der Waals surface area contributed by atoms with Crippen LogP contribution in [0.15, 0.2) is 71.6 Å². The van der Waals surface area contributed by atoms with Gasteiger partial charge in [0.1, 0.15) is 12.4 Å². The summed E-state index contributed by atoms with van der Waals surface area (Å²) in [5.74, 6) is -0.533. The van der Waals surface area contributed by atoms with Crippen molar-refractivity contribution in [3.63, 3.8) is 0 Å². The lowest BCUT2D eigenvalue weighted by Crippen LogP contribution is -2.31. The highest BCUT2D eigenvalue weighted by atomic mass is 35.5. The number of rotatable bonds is 6. The van der Waals surface area contributed by atoms with Crippen molar-refractivity contribution in [2.75, 3.05) is 0 Å². The van der Waals surface area contributed by atoms with Gasteiger partial charge in [0, 0.05) is 10.0 Å². The summed E-state index contributed by atoms with van der Waals surface area (Å²) >= 11 is 11.9. The minimum atomic E-state index is -4.10. The van der Waals surface area contributed by atoms with Crippen LogP contribution < -0.4 is 9.46 Å². The van der Waals surface area contributed by atoms with Crippen LogP contribution in [-0.4, -0.2) is 14.3 Å². The van der Waals surface area contributed by atoms with Crippen LogP contribution in [0.2, 0.25) is 10.0 Å². The van der Waals surface area contributed by atoms with Gasteiger partial charge in [0.25, 0.3) is 15.9 Å². The number of carbonyl (C=O) groups excluding carboxylic acids is 1. The van der Waals surface area contributed by atoms with Crippen molar-refractivity contribution in [1.29, 1.82) is 0 Å². The minimum absolute atomic E-state index is 0.0575. The number of benzene rings is 3. The van der Waals surface area contributed by atoms with Gasteiger partial charge in [0.15, 0.2) is 0 Å². The highest BCUT2D eigenvalue weighted by Gasteiger charge is 2.23. The normalized spacial score (nSPS) is 11.1. The second-order valence-electron chi connectivity index (χ2n) is 6.21. The van der Waals surface area contributed by atoms with Gasteiger partial charge >= 0.3 is 0 Å². The molecule has 0 heterocycles. The number of carbonyl (C=O) groups is 1. The fraction of sp³-hybridized carbons (Fsp3) is 0.0952. The number of halogens is 2. The Morgan fingerprint density at radius 3 is 2.38 bits per heavy atom. The average Bonchev–Trinajstić information content (AvgIpc) is 2.69. The third kappa shape index (κ3) is 5.09. The van der Waals surface area contributed by atoms with Gasteiger partial charge in [0.2, 0.25) is 0 Å². The van der Waals surface area contributed by atoms with Crippen molar-refractivity contribution in [1.82, 2.24) is 4.72 Å². The Morgan fingerprint density at radius 1 is 0.966 bits per heavy atom. The molecule has 3 aromatic rings. The lowest BCUT2D eigenvalue weighted by Gasteiger charge is -2.13. The van der Waals surface area contributed by atoms with Crippen LogP contribution in [0.4, 0.5) is 0 Å². The molecule has 0 atom stereocenters. The molecular formula is C21H17Cl2NO4S. The van der Waals surface area contributed by atoms with Crippen LogP contribution >= 0.6 is 23.2 Å². The van der Waals surface area contributed by atoms with Crippen molar-refractivity contribution in [2.24, 2.45) is 0 Å². The predicted molar refractivity (Wildman–Crippen MR) is 113 cm³/mol. The zero-order chi connectivity index (χ0) is 21.0. The molecule has 1 N–H and O–H groups in total. The molecule has 0 aliphatic rings. The third-order valence-electron chi connectivity index (χ3n) is 4.17. The van der Waals surface area contributed by atoms with Crippen molar-refractivity contribution < 1.29 is 17.9 Å². The quantitative estimate of drug-likeness (QED) is 0.574. The molecule has 1 amide bonds. The molecule has 0 aliphatic heterocycles. The highest BCUT2D eigenvalue weighted by Crippen LogP contribution is 2.24. The molecule has 150 valence electrons. The fourth-order valence-electron chi connectivity index (χ4n) is 2.63. The molecule has 0 fully saturated rings. The van der Waals surface area contributed by atoms with Crippen LogP contribution in [0, 0.1) is 6.92 Å². The summed E-state index contributed by atoms with van der Waals surface area (Å²) in [5.41, 5.74) is 1.32. The lowest BCUT2D eigenvalue weighted by atomic mass is 10.2. The summed E-state index contributed by atoms with van der Waals surface area (Å²) in [6.07, 6.45) is 0. The number of amides is 1. The van der Waals surface area contributed by atoms with Gasteiger partial charge < -0.3 is 4.74 Å². The van der Waals surface area contributed by atoms with Crippen molar-refractivity contribution in [3.8, 4) is 5.75 Å². The van der Waals surface area contributed by atoms with E-state index in [1.165, 1.54) is 18.2 Å². The molecule has 0 bridgehead atoms. The molecule has 5 nitrogen and oxygen atoms in total. The van der Waals surface area contributed by atoms with E-state index >= 15 is 0 Å². The summed E-state index contributed by atoms with van der Waals surface area (Å²) in [6.45, 7) is 1.77. The Bertz CT molecular complexity index is 1150. The summed E-state index contributed by atoms with van der Waals surface area (Å²) in [6, 6.07) is 18.0. The molecule has 0 unspecified atom stereocenters. The van der Waals surface area contributed by atoms with E-state index in [9.17, 15) is 13.2 Å². The van der Waals surface area contributed by atoms with Crippen LogP contribution in [0.25, 0.3) is 0 Å². The molecule has 0 spiro atoms. The molecule has 8 heteroatoms. The molecular weight excluding hydrogens is 433 g/mol. The first-order valence-electron chi connectivity index (χ1n) is 8.56. The number of ether oxygens (including phenoxy) is 1. The molecule has 3 aromatic carbocycles. The van der Waals surface area contributed by atoms with Gasteiger partial charge in [-0.15, -0.1) is 0 Å². The number of nitrogens with one attached hydrogen (secondary N) is 1. The highest BCUT2D eigenvalue weighted by molar-refractivity contribution is 7.90. The van der Waals surface area contributed by atoms with E-state index < -0.39 is 15.9 Å². The van der Waals surface area contributed by atoms with Crippen LogP contribution in [0.3, 0.4) is 0 Å². The van der Waals surface area contributed by atoms with Crippen LogP contribution in [-0.2, 0) is 16.6 Å². The van der Waals surface area contributed by atoms with E-state index in [4.69, 9.17) is 27.9 Å². The number of sulfonamides is 1. The van der Waals surface area contributed by atoms with E-state index in [2.05, 4.69) is 4.72 Å². The second-order valence-corrected chi connectivity index (χ2v) is 8.70. The van der Waals surface area contributed by atoms with Gasteiger partial charge in [-0.3, -0.25) is 4.79 Å². The maximum absolute atomic E-state index is 12.7. The summed E-state index contributed by atoms with van der Waals surface area (Å²) in [7, 11) is -4.10. The first-order valence-corrected chi connectivity index (χ1v) is 10.8. The number of hydrogen-bond acceptors (Lipinski definition) is 4. The first kappa shape index (κ1) is 21.2. The Balaban J connectivity index is 1.81. The number of hydrogen-bond donors (Lipinski definition) is 1. The van der Waals surface area contributed by atoms with Gasteiger partial charge in [-0.1, -0.05) is 53.5 Å². The Morgan fingerprint density at radius 2 is 1.66 bits per heavy atom. The van der Waals surface area contributed by atoms with Crippen molar-refractivity contribution >= 4 is 39.1 Å². The predicted octanol–water partition coefficient (Wildman–Crippen LogP) is 5.00. The topological polar surface area (TPSA) is 72.5 Å². The molecule has 0 radical (unpaired) electrons. The van der Waals surface area contributed by atoms with Gasteiger partial charge in [-0.2, -0.15) is 0 Å². The summed E-state index contributed by atoms with van der Waals surface area (Å²) < 4.78 is 33.1. The fourth-order valence-corrected chi connectivity index (χ4v) is 4.22. The van der Waals surface area contributed by atoms with E-state index in [1.807, 2.05) is 0 Å². The molecule has 0 saturated heterocycles. The zero-order valence-electron chi connectivity index (χ0n) is 15.4. The van der Waals surface area contributed by atoms with E-state index in [-0.39, 0.29) is 22.8 Å². The van der Waals surface area contributed by atoms with Crippen LogP contribution in [0.1, 0.15) is 21.5 Å².